The highest BCUT2D eigenvalue weighted by Gasteiger charge is 2.13. The van der Waals surface area contributed by atoms with E-state index in [9.17, 15) is 4.79 Å². The number of primary amides is 1. The number of hydrogen-bond acceptors (Lipinski definition) is 3. The summed E-state index contributed by atoms with van der Waals surface area (Å²) in [6, 6.07) is 7.11. The molecule has 1 aromatic heterocycles. The van der Waals surface area contributed by atoms with Crippen molar-refractivity contribution in [1.82, 2.24) is 9.97 Å². The molecule has 92 valence electrons. The third kappa shape index (κ3) is 2.09. The highest BCUT2D eigenvalue weighted by molar-refractivity contribution is 5.98. The summed E-state index contributed by atoms with van der Waals surface area (Å²) in [6.07, 6.45) is 0. The molecule has 0 bridgehead atoms. The quantitative estimate of drug-likeness (QED) is 0.876. The number of hydrogen-bond donors (Lipinski definition) is 1. The average Bonchev–Trinajstić information content (AvgIpc) is 2.35. The molecular formula is C14H15N3O. The van der Waals surface area contributed by atoms with Crippen LogP contribution in [0.1, 0.15) is 27.3 Å². The number of nitrogens with zero attached hydrogens (tertiary/aromatic N) is 2. The zero-order valence-electron chi connectivity index (χ0n) is 10.7. The van der Waals surface area contributed by atoms with E-state index >= 15 is 0 Å². The van der Waals surface area contributed by atoms with Gasteiger partial charge in [-0.05, 0) is 32.4 Å². The van der Waals surface area contributed by atoms with E-state index in [1.54, 1.807) is 12.1 Å². The van der Waals surface area contributed by atoms with Crippen LogP contribution >= 0.6 is 0 Å². The summed E-state index contributed by atoms with van der Waals surface area (Å²) >= 11 is 0. The Morgan fingerprint density at radius 2 is 1.61 bits per heavy atom. The van der Waals surface area contributed by atoms with Gasteiger partial charge in [0.2, 0.25) is 5.91 Å². The standard InChI is InChI=1S/C14H15N3O/c1-8-9(2)16-14(17-10(8)3)12-7-5-4-6-11(12)13(15)18/h4-7H,1-3H3,(H2,15,18). The number of nitrogens with two attached hydrogens (primary N) is 1. The van der Waals surface area contributed by atoms with Crippen molar-refractivity contribution < 1.29 is 4.79 Å². The van der Waals surface area contributed by atoms with Crippen molar-refractivity contribution in [2.45, 2.75) is 20.8 Å². The molecule has 2 N–H and O–H groups in total. The van der Waals surface area contributed by atoms with Crippen molar-refractivity contribution in [2.24, 2.45) is 5.73 Å². The Labute approximate surface area is 106 Å². The predicted molar refractivity (Wildman–Crippen MR) is 70.2 cm³/mol. The van der Waals surface area contributed by atoms with E-state index in [4.69, 9.17) is 5.73 Å². The third-order valence-electron chi connectivity index (χ3n) is 3.07. The highest BCUT2D eigenvalue weighted by Crippen LogP contribution is 2.21. The fourth-order valence-electron chi connectivity index (χ4n) is 1.79. The van der Waals surface area contributed by atoms with Gasteiger partial charge in [-0.25, -0.2) is 9.97 Å². The Balaban J connectivity index is 2.66. The van der Waals surface area contributed by atoms with Gasteiger partial charge < -0.3 is 5.73 Å². The normalized spacial score (nSPS) is 10.4. The predicted octanol–water partition coefficient (Wildman–Crippen LogP) is 2.17. The van der Waals surface area contributed by atoms with Gasteiger partial charge in [0.15, 0.2) is 5.82 Å². The molecule has 0 radical (unpaired) electrons. The van der Waals surface area contributed by atoms with Crippen molar-refractivity contribution in [3.05, 3.63) is 46.8 Å². The fourth-order valence-corrected chi connectivity index (χ4v) is 1.79. The lowest BCUT2D eigenvalue weighted by atomic mass is 10.1. The van der Waals surface area contributed by atoms with E-state index in [-0.39, 0.29) is 0 Å². The van der Waals surface area contributed by atoms with Crippen molar-refractivity contribution in [1.29, 1.82) is 0 Å². The van der Waals surface area contributed by atoms with Crippen LogP contribution in [0.3, 0.4) is 0 Å². The molecule has 18 heavy (non-hydrogen) atoms. The van der Waals surface area contributed by atoms with Gasteiger partial charge in [0, 0.05) is 17.0 Å². The fraction of sp³-hybridized carbons (Fsp3) is 0.214. The Hall–Kier alpha value is -2.23. The Bertz CT molecular complexity index is 597. The van der Waals surface area contributed by atoms with E-state index in [2.05, 4.69) is 9.97 Å². The van der Waals surface area contributed by atoms with Gasteiger partial charge in [-0.2, -0.15) is 0 Å². The summed E-state index contributed by atoms with van der Waals surface area (Å²) in [5, 5.41) is 0. The first-order chi connectivity index (χ1) is 8.50. The molecule has 4 nitrogen and oxygen atoms in total. The topological polar surface area (TPSA) is 68.9 Å². The second-order valence-electron chi connectivity index (χ2n) is 4.25. The van der Waals surface area contributed by atoms with Crippen LogP contribution in [0, 0.1) is 20.8 Å². The van der Waals surface area contributed by atoms with Crippen LogP contribution in [0.15, 0.2) is 24.3 Å². The van der Waals surface area contributed by atoms with Crippen LogP contribution in [0.4, 0.5) is 0 Å². The van der Waals surface area contributed by atoms with Crippen molar-refractivity contribution >= 4 is 5.91 Å². The zero-order valence-corrected chi connectivity index (χ0v) is 10.7. The lowest BCUT2D eigenvalue weighted by Gasteiger charge is -2.09. The summed E-state index contributed by atoms with van der Waals surface area (Å²) in [7, 11) is 0. The minimum Gasteiger partial charge on any atom is -0.366 e. The summed E-state index contributed by atoms with van der Waals surface area (Å²) in [5.74, 6) is 0.0788. The first kappa shape index (κ1) is 12.2. The molecule has 0 aliphatic heterocycles. The van der Waals surface area contributed by atoms with Gasteiger partial charge in [-0.1, -0.05) is 18.2 Å². The first-order valence-electron chi connectivity index (χ1n) is 5.71. The molecule has 0 saturated heterocycles. The van der Waals surface area contributed by atoms with E-state index in [0.717, 1.165) is 17.0 Å². The molecule has 0 spiro atoms. The van der Waals surface area contributed by atoms with Gasteiger partial charge >= 0.3 is 0 Å². The number of aromatic nitrogens is 2. The number of aryl methyl sites for hydroxylation is 2. The van der Waals surface area contributed by atoms with Gasteiger partial charge in [-0.3, -0.25) is 4.79 Å². The summed E-state index contributed by atoms with van der Waals surface area (Å²) in [5.41, 5.74) is 9.38. The molecule has 2 rings (SSSR count). The molecule has 0 aliphatic carbocycles. The average molecular weight is 241 g/mol. The SMILES string of the molecule is Cc1nc(-c2ccccc2C(N)=O)nc(C)c1C. The maximum atomic E-state index is 11.4. The minimum absolute atomic E-state index is 0.445. The molecule has 1 amide bonds. The van der Waals surface area contributed by atoms with Gasteiger partial charge in [0.05, 0.1) is 5.56 Å². The second kappa shape index (κ2) is 4.56. The lowest BCUT2D eigenvalue weighted by molar-refractivity contribution is 0.100. The number of rotatable bonds is 2. The monoisotopic (exact) mass is 241 g/mol. The molecule has 0 atom stereocenters. The van der Waals surface area contributed by atoms with E-state index in [1.807, 2.05) is 32.9 Å². The molecule has 0 fully saturated rings. The van der Waals surface area contributed by atoms with E-state index in [0.29, 0.717) is 17.0 Å². The second-order valence-corrected chi connectivity index (χ2v) is 4.25. The molecule has 0 unspecified atom stereocenters. The lowest BCUT2D eigenvalue weighted by Crippen LogP contribution is -2.13. The van der Waals surface area contributed by atoms with Crippen molar-refractivity contribution in [3.63, 3.8) is 0 Å². The number of carbonyl (C=O) groups is 1. The number of amides is 1. The Morgan fingerprint density at radius 3 is 2.17 bits per heavy atom. The van der Waals surface area contributed by atoms with Gasteiger partial charge in [-0.15, -0.1) is 0 Å². The van der Waals surface area contributed by atoms with Gasteiger partial charge in [0.25, 0.3) is 0 Å². The smallest absolute Gasteiger partial charge is 0.249 e. The van der Waals surface area contributed by atoms with Crippen LogP contribution in [0.25, 0.3) is 11.4 Å². The van der Waals surface area contributed by atoms with Crippen LogP contribution < -0.4 is 5.73 Å². The van der Waals surface area contributed by atoms with Crippen LogP contribution in [0.2, 0.25) is 0 Å². The van der Waals surface area contributed by atoms with Crippen LogP contribution in [-0.4, -0.2) is 15.9 Å². The zero-order chi connectivity index (χ0) is 13.3. The Kier molecular flexibility index (Phi) is 3.10. The molecule has 1 aromatic carbocycles. The molecule has 2 aromatic rings. The maximum absolute atomic E-state index is 11.4. The largest absolute Gasteiger partial charge is 0.366 e. The number of carbonyl (C=O) groups excluding carboxylic acids is 1. The molecule has 0 saturated carbocycles. The molecular weight excluding hydrogens is 226 g/mol. The Morgan fingerprint density at radius 1 is 1.06 bits per heavy atom. The van der Waals surface area contributed by atoms with Crippen LogP contribution in [0.5, 0.6) is 0 Å². The first-order valence-corrected chi connectivity index (χ1v) is 5.71. The number of benzene rings is 1. The summed E-state index contributed by atoms with van der Waals surface area (Å²) in [4.78, 5) is 20.3. The third-order valence-corrected chi connectivity index (χ3v) is 3.07. The van der Waals surface area contributed by atoms with E-state index in [1.165, 1.54) is 0 Å². The van der Waals surface area contributed by atoms with Crippen molar-refractivity contribution in [3.8, 4) is 11.4 Å². The summed E-state index contributed by atoms with van der Waals surface area (Å²) < 4.78 is 0. The van der Waals surface area contributed by atoms with Gasteiger partial charge in [0.1, 0.15) is 0 Å². The van der Waals surface area contributed by atoms with E-state index < -0.39 is 5.91 Å². The molecule has 1 heterocycles. The van der Waals surface area contributed by atoms with Crippen LogP contribution in [-0.2, 0) is 0 Å². The highest BCUT2D eigenvalue weighted by atomic mass is 16.1. The molecule has 4 heteroatoms. The van der Waals surface area contributed by atoms with Crippen molar-refractivity contribution in [2.75, 3.05) is 0 Å². The minimum atomic E-state index is -0.468. The summed E-state index contributed by atoms with van der Waals surface area (Å²) in [6.45, 7) is 5.84. The molecule has 0 aliphatic rings. The maximum Gasteiger partial charge on any atom is 0.249 e.